The predicted octanol–water partition coefficient (Wildman–Crippen LogP) is 1.68. The van der Waals surface area contributed by atoms with E-state index in [1.54, 1.807) is 0 Å². The van der Waals surface area contributed by atoms with Gasteiger partial charge in [0.2, 0.25) is 0 Å². The number of nitrogens with zero attached hydrogens (tertiary/aromatic N) is 1. The highest BCUT2D eigenvalue weighted by Gasteiger charge is 2.37. The summed E-state index contributed by atoms with van der Waals surface area (Å²) in [6.07, 6.45) is 5.99. The molecule has 2 bridgehead atoms. The zero-order valence-corrected chi connectivity index (χ0v) is 7.47. The zero-order chi connectivity index (χ0) is 8.44. The Labute approximate surface area is 74.0 Å². The standard InChI is InChI=1S/C10H16N2/c11-6-5-10-3-1-9(2-4-10)7-12-8-10/h9,12H,1-5,7-8H2. The molecule has 1 aliphatic carbocycles. The van der Waals surface area contributed by atoms with E-state index in [0.717, 1.165) is 18.9 Å². The van der Waals surface area contributed by atoms with E-state index in [2.05, 4.69) is 11.4 Å². The van der Waals surface area contributed by atoms with Crippen LogP contribution in [-0.4, -0.2) is 13.1 Å². The van der Waals surface area contributed by atoms with E-state index < -0.39 is 0 Å². The van der Waals surface area contributed by atoms with Gasteiger partial charge in [-0.25, -0.2) is 0 Å². The molecule has 12 heavy (non-hydrogen) atoms. The molecule has 2 heterocycles. The van der Waals surface area contributed by atoms with Crippen LogP contribution in [0.25, 0.3) is 0 Å². The highest BCUT2D eigenvalue weighted by atomic mass is 14.9. The number of hydrogen-bond acceptors (Lipinski definition) is 2. The minimum absolute atomic E-state index is 0.349. The molecule has 3 rings (SSSR count). The van der Waals surface area contributed by atoms with Crippen molar-refractivity contribution in [2.24, 2.45) is 11.3 Å². The lowest BCUT2D eigenvalue weighted by molar-refractivity contribution is 0.192. The lowest BCUT2D eigenvalue weighted by atomic mass is 9.70. The molecule has 0 atom stereocenters. The number of rotatable bonds is 1. The lowest BCUT2D eigenvalue weighted by Gasteiger charge is -2.34. The molecule has 1 N–H and O–H groups in total. The topological polar surface area (TPSA) is 35.8 Å². The summed E-state index contributed by atoms with van der Waals surface area (Å²) >= 11 is 0. The van der Waals surface area contributed by atoms with E-state index in [0.29, 0.717) is 5.41 Å². The Morgan fingerprint density at radius 3 is 2.83 bits per heavy atom. The fourth-order valence-electron chi connectivity index (χ4n) is 2.62. The SMILES string of the molecule is N#CCC12CCC(CC1)CNC2. The summed E-state index contributed by atoms with van der Waals surface area (Å²) in [6, 6.07) is 2.34. The average molecular weight is 164 g/mol. The maximum atomic E-state index is 8.75. The van der Waals surface area contributed by atoms with Gasteiger partial charge in [0.25, 0.3) is 0 Å². The maximum Gasteiger partial charge on any atom is 0.0628 e. The fourth-order valence-corrected chi connectivity index (χ4v) is 2.62. The fraction of sp³-hybridized carbons (Fsp3) is 0.900. The molecule has 2 heteroatoms. The highest BCUT2D eigenvalue weighted by molar-refractivity contribution is 4.96. The summed E-state index contributed by atoms with van der Waals surface area (Å²) in [7, 11) is 0. The summed E-state index contributed by atoms with van der Waals surface area (Å²) in [5.41, 5.74) is 0.349. The number of hydrogen-bond donors (Lipinski definition) is 1. The molecule has 0 aromatic carbocycles. The van der Waals surface area contributed by atoms with Gasteiger partial charge in [0.1, 0.15) is 0 Å². The van der Waals surface area contributed by atoms with Crippen molar-refractivity contribution in [3.8, 4) is 6.07 Å². The molecule has 0 radical (unpaired) electrons. The van der Waals surface area contributed by atoms with Gasteiger partial charge in [-0.2, -0.15) is 5.26 Å². The van der Waals surface area contributed by atoms with Crippen molar-refractivity contribution in [1.82, 2.24) is 5.32 Å². The minimum Gasteiger partial charge on any atom is -0.316 e. The molecule has 2 saturated heterocycles. The lowest BCUT2D eigenvalue weighted by Crippen LogP contribution is -2.31. The normalized spacial score (nSPS) is 40.4. The van der Waals surface area contributed by atoms with E-state index in [9.17, 15) is 0 Å². The molecule has 0 spiro atoms. The Morgan fingerprint density at radius 1 is 1.42 bits per heavy atom. The highest BCUT2D eigenvalue weighted by Crippen LogP contribution is 2.42. The summed E-state index contributed by atoms with van der Waals surface area (Å²) in [5, 5.41) is 12.2. The Morgan fingerprint density at radius 2 is 2.17 bits per heavy atom. The van der Waals surface area contributed by atoms with Gasteiger partial charge >= 0.3 is 0 Å². The van der Waals surface area contributed by atoms with E-state index >= 15 is 0 Å². The molecule has 2 aliphatic heterocycles. The molecular formula is C10H16N2. The molecule has 3 aliphatic rings. The third-order valence-corrected chi connectivity index (χ3v) is 3.55. The van der Waals surface area contributed by atoms with Crippen LogP contribution < -0.4 is 5.32 Å². The molecule has 0 unspecified atom stereocenters. The van der Waals surface area contributed by atoms with E-state index in [1.807, 2.05) is 0 Å². The van der Waals surface area contributed by atoms with Gasteiger partial charge in [-0.1, -0.05) is 0 Å². The summed E-state index contributed by atoms with van der Waals surface area (Å²) < 4.78 is 0. The first kappa shape index (κ1) is 8.07. The smallest absolute Gasteiger partial charge is 0.0628 e. The first-order valence-corrected chi connectivity index (χ1v) is 4.92. The zero-order valence-electron chi connectivity index (χ0n) is 7.47. The van der Waals surface area contributed by atoms with Crippen molar-refractivity contribution >= 4 is 0 Å². The molecule has 0 aromatic rings. The second-order valence-electron chi connectivity index (χ2n) is 4.41. The van der Waals surface area contributed by atoms with Crippen LogP contribution in [0, 0.1) is 22.7 Å². The second kappa shape index (κ2) is 3.06. The van der Waals surface area contributed by atoms with Gasteiger partial charge in [0.15, 0.2) is 0 Å². The third-order valence-electron chi connectivity index (χ3n) is 3.55. The quantitative estimate of drug-likeness (QED) is 0.640. The van der Waals surface area contributed by atoms with Crippen LogP contribution >= 0.6 is 0 Å². The van der Waals surface area contributed by atoms with Crippen LogP contribution in [-0.2, 0) is 0 Å². The number of nitrogens with one attached hydrogen (secondary N) is 1. The molecule has 3 fully saturated rings. The van der Waals surface area contributed by atoms with Gasteiger partial charge in [-0.15, -0.1) is 0 Å². The van der Waals surface area contributed by atoms with Crippen molar-refractivity contribution in [1.29, 1.82) is 5.26 Å². The Bertz CT molecular complexity index is 191. The number of fused-ring (bicyclic) bond motifs is 4. The largest absolute Gasteiger partial charge is 0.316 e. The van der Waals surface area contributed by atoms with Gasteiger partial charge in [0.05, 0.1) is 6.07 Å². The predicted molar refractivity (Wildman–Crippen MR) is 47.5 cm³/mol. The summed E-state index contributed by atoms with van der Waals surface area (Å²) in [6.45, 7) is 2.27. The first-order valence-electron chi connectivity index (χ1n) is 4.92. The van der Waals surface area contributed by atoms with E-state index in [4.69, 9.17) is 5.26 Å². The van der Waals surface area contributed by atoms with Crippen molar-refractivity contribution in [3.63, 3.8) is 0 Å². The second-order valence-corrected chi connectivity index (χ2v) is 4.41. The van der Waals surface area contributed by atoms with Crippen LogP contribution in [0.5, 0.6) is 0 Å². The maximum absolute atomic E-state index is 8.75. The van der Waals surface area contributed by atoms with Crippen LogP contribution in [0.2, 0.25) is 0 Å². The Kier molecular flexibility index (Phi) is 2.06. The summed E-state index contributed by atoms with van der Waals surface area (Å²) in [4.78, 5) is 0. The average Bonchev–Trinajstić information content (AvgIpc) is 2.38. The Balaban J connectivity index is 2.09. The molecule has 0 amide bonds. The van der Waals surface area contributed by atoms with Crippen molar-refractivity contribution < 1.29 is 0 Å². The minimum atomic E-state index is 0.349. The number of nitriles is 1. The first-order chi connectivity index (χ1) is 5.85. The summed E-state index contributed by atoms with van der Waals surface area (Å²) in [5.74, 6) is 0.902. The van der Waals surface area contributed by atoms with E-state index in [-0.39, 0.29) is 0 Å². The van der Waals surface area contributed by atoms with Crippen LogP contribution in [0.1, 0.15) is 32.1 Å². The van der Waals surface area contributed by atoms with E-state index in [1.165, 1.54) is 32.2 Å². The Hall–Kier alpha value is -0.550. The van der Waals surface area contributed by atoms with Crippen LogP contribution in [0.15, 0.2) is 0 Å². The molecule has 1 saturated carbocycles. The molecule has 66 valence electrons. The monoisotopic (exact) mass is 164 g/mol. The van der Waals surface area contributed by atoms with Crippen molar-refractivity contribution in [2.75, 3.05) is 13.1 Å². The third kappa shape index (κ3) is 1.34. The molecule has 2 nitrogen and oxygen atoms in total. The molecular weight excluding hydrogens is 148 g/mol. The molecule has 0 aromatic heterocycles. The van der Waals surface area contributed by atoms with Crippen LogP contribution in [0.4, 0.5) is 0 Å². The van der Waals surface area contributed by atoms with Gasteiger partial charge in [0, 0.05) is 13.0 Å². The van der Waals surface area contributed by atoms with Crippen molar-refractivity contribution in [3.05, 3.63) is 0 Å². The van der Waals surface area contributed by atoms with Crippen LogP contribution in [0.3, 0.4) is 0 Å². The van der Waals surface area contributed by atoms with Gasteiger partial charge in [-0.3, -0.25) is 0 Å². The van der Waals surface area contributed by atoms with Gasteiger partial charge < -0.3 is 5.32 Å². The van der Waals surface area contributed by atoms with Crippen molar-refractivity contribution in [2.45, 2.75) is 32.1 Å². The van der Waals surface area contributed by atoms with Gasteiger partial charge in [-0.05, 0) is 43.6 Å².